The summed E-state index contributed by atoms with van der Waals surface area (Å²) >= 11 is 0. The van der Waals surface area contributed by atoms with Crippen molar-refractivity contribution in [2.24, 2.45) is 0 Å². The summed E-state index contributed by atoms with van der Waals surface area (Å²) in [5, 5.41) is 14.6. The summed E-state index contributed by atoms with van der Waals surface area (Å²) in [5.41, 5.74) is 0.0194. The van der Waals surface area contributed by atoms with Crippen LogP contribution in [-0.4, -0.2) is 35.0 Å². The van der Waals surface area contributed by atoms with Crippen molar-refractivity contribution in [2.75, 3.05) is 6.54 Å². The topological polar surface area (TPSA) is 95.5 Å². The fourth-order valence-corrected chi connectivity index (χ4v) is 2.92. The van der Waals surface area contributed by atoms with E-state index >= 15 is 0 Å². The van der Waals surface area contributed by atoms with E-state index in [1.807, 2.05) is 30.3 Å². The second kappa shape index (κ2) is 6.76. The van der Waals surface area contributed by atoms with Gasteiger partial charge in [0, 0.05) is 11.5 Å². The van der Waals surface area contributed by atoms with E-state index in [0.29, 0.717) is 12.0 Å². The second-order valence-electron chi connectivity index (χ2n) is 6.04. The molecule has 1 aliphatic rings. The van der Waals surface area contributed by atoms with E-state index in [4.69, 9.17) is 0 Å². The molecule has 0 aliphatic heterocycles. The molecule has 6 nitrogen and oxygen atoms in total. The summed E-state index contributed by atoms with van der Waals surface area (Å²) in [7, 11) is 0. The molecule has 0 bridgehead atoms. The molecule has 2 aromatic rings. The Bertz CT molecular complexity index is 792. The monoisotopic (exact) mass is 338 g/mol. The third-order valence-electron chi connectivity index (χ3n) is 4.35. The number of hydrogen-bond acceptors (Lipinski definition) is 3. The van der Waals surface area contributed by atoms with Crippen molar-refractivity contribution in [2.45, 2.75) is 17.9 Å². The van der Waals surface area contributed by atoms with Crippen molar-refractivity contribution >= 4 is 17.8 Å². The van der Waals surface area contributed by atoms with Gasteiger partial charge in [-0.05, 0) is 24.1 Å². The van der Waals surface area contributed by atoms with Crippen LogP contribution in [0.15, 0.2) is 60.7 Å². The largest absolute Gasteiger partial charge is 0.479 e. The van der Waals surface area contributed by atoms with Gasteiger partial charge >= 0.3 is 5.97 Å². The molecule has 3 rings (SSSR count). The first-order valence-electron chi connectivity index (χ1n) is 7.95. The van der Waals surface area contributed by atoms with Crippen LogP contribution in [-0.2, 0) is 9.59 Å². The molecule has 1 aliphatic carbocycles. The van der Waals surface area contributed by atoms with Crippen LogP contribution < -0.4 is 10.6 Å². The lowest BCUT2D eigenvalue weighted by atomic mass is 10.1. The zero-order chi connectivity index (χ0) is 17.9. The third-order valence-corrected chi connectivity index (χ3v) is 4.35. The summed E-state index contributed by atoms with van der Waals surface area (Å²) in [5.74, 6) is -2.23. The van der Waals surface area contributed by atoms with E-state index < -0.39 is 17.4 Å². The Labute approximate surface area is 144 Å². The predicted octanol–water partition coefficient (Wildman–Crippen LogP) is 1.54. The first kappa shape index (κ1) is 16.7. The van der Waals surface area contributed by atoms with Gasteiger partial charge in [-0.1, -0.05) is 48.5 Å². The molecular weight excluding hydrogens is 320 g/mol. The standard InChI is InChI=1S/C19H18N2O4/c22-16(12-20-17(23)14-9-5-2-6-10-14)21-19(18(24)25)11-15(19)13-7-3-1-4-8-13/h1-10,15H,11-12H2,(H,20,23)(H,21,22)(H,24,25). The van der Waals surface area contributed by atoms with Crippen molar-refractivity contribution in [3.05, 3.63) is 71.8 Å². The number of carboxylic acid groups (broad SMARTS) is 1. The van der Waals surface area contributed by atoms with Gasteiger partial charge in [0.2, 0.25) is 5.91 Å². The van der Waals surface area contributed by atoms with Crippen molar-refractivity contribution < 1.29 is 19.5 Å². The molecule has 0 saturated heterocycles. The highest BCUT2D eigenvalue weighted by Gasteiger charge is 2.62. The number of hydrogen-bond donors (Lipinski definition) is 3. The van der Waals surface area contributed by atoms with E-state index in [1.165, 1.54) is 0 Å². The van der Waals surface area contributed by atoms with Crippen LogP contribution in [0.4, 0.5) is 0 Å². The SMILES string of the molecule is O=C(CNC(=O)c1ccccc1)NC1(C(=O)O)CC1c1ccccc1. The minimum Gasteiger partial charge on any atom is -0.479 e. The average molecular weight is 338 g/mol. The zero-order valence-electron chi connectivity index (χ0n) is 13.4. The van der Waals surface area contributed by atoms with Crippen molar-refractivity contribution in [3.63, 3.8) is 0 Å². The van der Waals surface area contributed by atoms with E-state index in [9.17, 15) is 19.5 Å². The molecule has 1 fully saturated rings. The van der Waals surface area contributed by atoms with Gasteiger partial charge in [-0.3, -0.25) is 9.59 Å². The number of aliphatic carboxylic acids is 1. The molecule has 0 spiro atoms. The number of benzene rings is 2. The minimum atomic E-state index is -1.30. The van der Waals surface area contributed by atoms with Gasteiger partial charge < -0.3 is 15.7 Å². The number of nitrogens with one attached hydrogen (secondary N) is 2. The number of rotatable bonds is 6. The van der Waals surface area contributed by atoms with Gasteiger partial charge in [0.05, 0.1) is 6.54 Å². The van der Waals surface area contributed by atoms with Crippen LogP contribution >= 0.6 is 0 Å². The molecular formula is C19H18N2O4. The lowest BCUT2D eigenvalue weighted by Crippen LogP contribution is -2.48. The molecule has 3 N–H and O–H groups in total. The Morgan fingerprint density at radius 2 is 1.60 bits per heavy atom. The van der Waals surface area contributed by atoms with Gasteiger partial charge in [0.1, 0.15) is 5.54 Å². The Kier molecular flexibility index (Phi) is 4.52. The molecule has 25 heavy (non-hydrogen) atoms. The molecule has 1 saturated carbocycles. The number of carboxylic acids is 1. The van der Waals surface area contributed by atoms with Gasteiger partial charge in [-0.15, -0.1) is 0 Å². The highest BCUT2D eigenvalue weighted by molar-refractivity contribution is 5.97. The lowest BCUT2D eigenvalue weighted by molar-refractivity contribution is -0.143. The summed E-state index contributed by atoms with van der Waals surface area (Å²) in [6.45, 7) is -0.274. The van der Waals surface area contributed by atoms with Crippen molar-refractivity contribution in [1.29, 1.82) is 0 Å². The van der Waals surface area contributed by atoms with E-state index in [0.717, 1.165) is 5.56 Å². The molecule has 2 aromatic carbocycles. The second-order valence-corrected chi connectivity index (χ2v) is 6.04. The van der Waals surface area contributed by atoms with Crippen molar-refractivity contribution in [1.82, 2.24) is 10.6 Å². The van der Waals surface area contributed by atoms with Crippen LogP contribution in [0.5, 0.6) is 0 Å². The minimum absolute atomic E-state index is 0.264. The Hall–Kier alpha value is -3.15. The van der Waals surface area contributed by atoms with Crippen molar-refractivity contribution in [3.8, 4) is 0 Å². The van der Waals surface area contributed by atoms with E-state index in [-0.39, 0.29) is 18.4 Å². The maximum absolute atomic E-state index is 12.1. The van der Waals surface area contributed by atoms with Gasteiger partial charge in [-0.2, -0.15) is 0 Å². The molecule has 0 heterocycles. The maximum Gasteiger partial charge on any atom is 0.330 e. The van der Waals surface area contributed by atoms with Crippen LogP contribution in [0.3, 0.4) is 0 Å². The first-order chi connectivity index (χ1) is 12.0. The van der Waals surface area contributed by atoms with Gasteiger partial charge in [0.15, 0.2) is 0 Å². The molecule has 2 unspecified atom stereocenters. The predicted molar refractivity (Wildman–Crippen MR) is 91.1 cm³/mol. The maximum atomic E-state index is 12.1. The van der Waals surface area contributed by atoms with E-state index in [2.05, 4.69) is 10.6 Å². The fourth-order valence-electron chi connectivity index (χ4n) is 2.92. The zero-order valence-corrected chi connectivity index (χ0v) is 13.4. The van der Waals surface area contributed by atoms with E-state index in [1.54, 1.807) is 30.3 Å². The summed E-state index contributed by atoms with van der Waals surface area (Å²) < 4.78 is 0. The molecule has 128 valence electrons. The first-order valence-corrected chi connectivity index (χ1v) is 7.95. The Morgan fingerprint density at radius 1 is 1.00 bits per heavy atom. The van der Waals surface area contributed by atoms with Gasteiger partial charge in [-0.25, -0.2) is 4.79 Å². The highest BCUT2D eigenvalue weighted by atomic mass is 16.4. The van der Waals surface area contributed by atoms with Crippen LogP contribution in [0.1, 0.15) is 28.3 Å². The summed E-state index contributed by atoms with van der Waals surface area (Å²) in [6, 6.07) is 17.7. The molecule has 0 radical (unpaired) electrons. The number of amides is 2. The number of carbonyl (C=O) groups excluding carboxylic acids is 2. The lowest BCUT2D eigenvalue weighted by Gasteiger charge is -2.15. The third kappa shape index (κ3) is 3.52. The molecule has 2 atom stereocenters. The van der Waals surface area contributed by atoms with Gasteiger partial charge in [0.25, 0.3) is 5.91 Å². The Balaban J connectivity index is 1.60. The van der Waals surface area contributed by atoms with Crippen LogP contribution in [0.2, 0.25) is 0 Å². The highest BCUT2D eigenvalue weighted by Crippen LogP contribution is 2.51. The van der Waals surface area contributed by atoms with Crippen LogP contribution in [0.25, 0.3) is 0 Å². The summed E-state index contributed by atoms with van der Waals surface area (Å²) in [6.07, 6.45) is 0.338. The normalized spacial score (nSPS) is 21.2. The molecule has 2 amide bonds. The summed E-state index contributed by atoms with van der Waals surface area (Å²) in [4.78, 5) is 35.7. The molecule has 6 heteroatoms. The fraction of sp³-hybridized carbons (Fsp3) is 0.211. The molecule has 0 aromatic heterocycles. The Morgan fingerprint density at radius 3 is 2.20 bits per heavy atom. The number of carbonyl (C=O) groups is 3. The quantitative estimate of drug-likeness (QED) is 0.744. The van der Waals surface area contributed by atoms with Crippen LogP contribution in [0, 0.1) is 0 Å². The smallest absolute Gasteiger partial charge is 0.330 e. The average Bonchev–Trinajstić information content (AvgIpc) is 3.37.